The Balaban J connectivity index is 1.69. The van der Waals surface area contributed by atoms with Gasteiger partial charge in [0.25, 0.3) is 0 Å². The molecule has 1 aromatic carbocycles. The average Bonchev–Trinajstić information content (AvgIpc) is 2.90. The molecular weight excluding hydrogens is 274 g/mol. The molecule has 0 saturated heterocycles. The topological polar surface area (TPSA) is 41.8 Å². The summed E-state index contributed by atoms with van der Waals surface area (Å²) in [5.41, 5.74) is 4.23. The van der Waals surface area contributed by atoms with Gasteiger partial charge in [-0.3, -0.25) is 0 Å². The Bertz CT molecular complexity index is 624. The van der Waals surface area contributed by atoms with Crippen LogP contribution in [-0.4, -0.2) is 18.0 Å². The average molecular weight is 299 g/mol. The summed E-state index contributed by atoms with van der Waals surface area (Å²) in [5.74, 6) is 3.10. The van der Waals surface area contributed by atoms with E-state index in [-0.39, 0.29) is 5.41 Å². The fraction of sp³-hybridized carbons (Fsp3) is 0.632. The molecule has 4 rings (SSSR count). The van der Waals surface area contributed by atoms with Gasteiger partial charge in [-0.2, -0.15) is 0 Å². The fourth-order valence-electron chi connectivity index (χ4n) is 5.64. The number of nitrogens with zero attached hydrogens (tertiary/aromatic N) is 1. The van der Waals surface area contributed by atoms with E-state index in [2.05, 4.69) is 30.3 Å². The molecule has 3 aliphatic rings. The maximum Gasteiger partial charge on any atom is 0.119 e. The number of fused-ring (bicyclic) bond motifs is 5. The molecule has 22 heavy (non-hydrogen) atoms. The molecule has 0 bridgehead atoms. The number of oxime groups is 1. The third kappa shape index (κ3) is 1.84. The highest BCUT2D eigenvalue weighted by Gasteiger charge is 2.53. The van der Waals surface area contributed by atoms with Crippen molar-refractivity contribution in [3.8, 4) is 5.75 Å². The lowest BCUT2D eigenvalue weighted by atomic mass is 9.55. The summed E-state index contributed by atoms with van der Waals surface area (Å²) in [6.07, 6.45) is 6.98. The van der Waals surface area contributed by atoms with Gasteiger partial charge in [-0.05, 0) is 79.5 Å². The molecule has 3 nitrogen and oxygen atoms in total. The highest BCUT2D eigenvalue weighted by molar-refractivity contribution is 5.92. The van der Waals surface area contributed by atoms with Gasteiger partial charge >= 0.3 is 0 Å². The van der Waals surface area contributed by atoms with E-state index in [0.717, 1.165) is 36.6 Å². The minimum absolute atomic E-state index is 0.139. The smallest absolute Gasteiger partial charge is 0.119 e. The molecule has 0 aliphatic heterocycles. The zero-order valence-electron chi connectivity index (χ0n) is 13.5. The summed E-state index contributed by atoms with van der Waals surface area (Å²) in [7, 11) is 1.74. The van der Waals surface area contributed by atoms with Crippen LogP contribution in [0.2, 0.25) is 0 Å². The van der Waals surface area contributed by atoms with E-state index in [9.17, 15) is 5.21 Å². The van der Waals surface area contributed by atoms with Crippen LogP contribution in [0.15, 0.2) is 23.4 Å². The standard InChI is InChI=1S/C19H25NO2/c1-19-10-9-15-14-6-4-13(22-2)11-12(14)3-5-16(15)17(19)7-8-18(19)20-21/h4,6,11,15-17,21H,3,5,7-10H2,1-2H3/t15-,16-,17+,19+/m1/s1. The van der Waals surface area contributed by atoms with Gasteiger partial charge in [0.1, 0.15) is 5.75 Å². The van der Waals surface area contributed by atoms with Gasteiger partial charge in [0.05, 0.1) is 12.8 Å². The van der Waals surface area contributed by atoms with Gasteiger partial charge in [-0.1, -0.05) is 18.1 Å². The van der Waals surface area contributed by atoms with Crippen molar-refractivity contribution >= 4 is 5.71 Å². The third-order valence-corrected chi connectivity index (χ3v) is 6.80. The molecule has 0 radical (unpaired) electrons. The molecule has 0 aromatic heterocycles. The molecule has 3 heteroatoms. The largest absolute Gasteiger partial charge is 0.497 e. The molecule has 4 atom stereocenters. The molecule has 1 aromatic rings. The Morgan fingerprint density at radius 2 is 2.09 bits per heavy atom. The van der Waals surface area contributed by atoms with Crippen LogP contribution < -0.4 is 4.74 Å². The summed E-state index contributed by atoms with van der Waals surface area (Å²) >= 11 is 0. The molecular formula is C19H25NO2. The second-order valence-electron chi connectivity index (χ2n) is 7.52. The van der Waals surface area contributed by atoms with Crippen LogP contribution in [0.3, 0.4) is 0 Å². The van der Waals surface area contributed by atoms with Crippen molar-refractivity contribution in [2.45, 2.75) is 51.4 Å². The summed E-state index contributed by atoms with van der Waals surface area (Å²) < 4.78 is 5.39. The molecule has 0 heterocycles. The number of methoxy groups -OCH3 is 1. The third-order valence-electron chi connectivity index (χ3n) is 6.80. The quantitative estimate of drug-likeness (QED) is 0.617. The first kappa shape index (κ1) is 14.1. The van der Waals surface area contributed by atoms with E-state index in [0.29, 0.717) is 11.8 Å². The number of benzene rings is 1. The van der Waals surface area contributed by atoms with E-state index in [1.807, 2.05) is 0 Å². The lowest BCUT2D eigenvalue weighted by Gasteiger charge is -2.48. The molecule has 2 fully saturated rings. The maximum absolute atomic E-state index is 9.36. The van der Waals surface area contributed by atoms with E-state index < -0.39 is 0 Å². The molecule has 1 N–H and O–H groups in total. The molecule has 0 amide bonds. The van der Waals surface area contributed by atoms with Crippen molar-refractivity contribution in [2.75, 3.05) is 7.11 Å². The van der Waals surface area contributed by atoms with Gasteiger partial charge in [0.15, 0.2) is 0 Å². The van der Waals surface area contributed by atoms with Crippen LogP contribution in [-0.2, 0) is 6.42 Å². The second-order valence-corrected chi connectivity index (χ2v) is 7.52. The summed E-state index contributed by atoms with van der Waals surface area (Å²) in [5, 5.41) is 13.0. The highest BCUT2D eigenvalue weighted by atomic mass is 16.5. The minimum atomic E-state index is 0.139. The Morgan fingerprint density at radius 3 is 2.86 bits per heavy atom. The molecule has 0 unspecified atom stereocenters. The van der Waals surface area contributed by atoms with Crippen molar-refractivity contribution < 1.29 is 9.94 Å². The lowest BCUT2D eigenvalue weighted by molar-refractivity contribution is 0.0938. The predicted molar refractivity (Wildman–Crippen MR) is 86.8 cm³/mol. The summed E-state index contributed by atoms with van der Waals surface area (Å²) in [6, 6.07) is 6.64. The van der Waals surface area contributed by atoms with Crippen molar-refractivity contribution in [2.24, 2.45) is 22.4 Å². The van der Waals surface area contributed by atoms with E-state index in [1.54, 1.807) is 12.7 Å². The van der Waals surface area contributed by atoms with Gasteiger partial charge in [-0.25, -0.2) is 0 Å². The number of aryl methyl sites for hydroxylation is 1. The predicted octanol–water partition coefficient (Wildman–Crippen LogP) is 4.38. The zero-order chi connectivity index (χ0) is 15.3. The van der Waals surface area contributed by atoms with E-state index in [4.69, 9.17) is 4.74 Å². The first-order chi connectivity index (χ1) is 10.7. The molecule has 118 valence electrons. The van der Waals surface area contributed by atoms with Gasteiger partial charge in [0.2, 0.25) is 0 Å². The summed E-state index contributed by atoms with van der Waals surface area (Å²) in [4.78, 5) is 0. The van der Waals surface area contributed by atoms with Crippen LogP contribution >= 0.6 is 0 Å². The first-order valence-electron chi connectivity index (χ1n) is 8.55. The molecule has 0 spiro atoms. The highest BCUT2D eigenvalue weighted by Crippen LogP contribution is 2.59. The van der Waals surface area contributed by atoms with E-state index in [1.165, 1.54) is 24.8 Å². The Labute approximate surface area is 132 Å². The Hall–Kier alpha value is -1.51. The van der Waals surface area contributed by atoms with Crippen LogP contribution in [0.25, 0.3) is 0 Å². The SMILES string of the molecule is COc1ccc2c(c1)CC[C@@H]1[C@@H]2CC[C@]2(C)C(=NO)CC[C@@H]12. The van der Waals surface area contributed by atoms with Gasteiger partial charge in [-0.15, -0.1) is 0 Å². The zero-order valence-corrected chi connectivity index (χ0v) is 13.5. The van der Waals surface area contributed by atoms with Crippen molar-refractivity contribution in [1.29, 1.82) is 0 Å². The lowest BCUT2D eigenvalue weighted by Crippen LogP contribution is -2.42. The first-order valence-corrected chi connectivity index (χ1v) is 8.55. The van der Waals surface area contributed by atoms with Crippen LogP contribution in [0.1, 0.15) is 56.1 Å². The fourth-order valence-corrected chi connectivity index (χ4v) is 5.64. The molecule has 2 saturated carbocycles. The van der Waals surface area contributed by atoms with Crippen LogP contribution in [0, 0.1) is 17.3 Å². The Kier molecular flexibility index (Phi) is 3.21. The number of hydrogen-bond donors (Lipinski definition) is 1. The minimum Gasteiger partial charge on any atom is -0.497 e. The Morgan fingerprint density at radius 1 is 1.23 bits per heavy atom. The monoisotopic (exact) mass is 299 g/mol. The maximum atomic E-state index is 9.36. The van der Waals surface area contributed by atoms with E-state index >= 15 is 0 Å². The molecule has 3 aliphatic carbocycles. The van der Waals surface area contributed by atoms with Crippen LogP contribution in [0.5, 0.6) is 5.75 Å². The number of ether oxygens (including phenoxy) is 1. The van der Waals surface area contributed by atoms with Crippen molar-refractivity contribution in [3.05, 3.63) is 29.3 Å². The van der Waals surface area contributed by atoms with Crippen molar-refractivity contribution in [3.63, 3.8) is 0 Å². The number of hydrogen-bond acceptors (Lipinski definition) is 3. The van der Waals surface area contributed by atoms with Gasteiger partial charge in [0, 0.05) is 5.41 Å². The summed E-state index contributed by atoms with van der Waals surface area (Å²) in [6.45, 7) is 2.33. The number of rotatable bonds is 1. The van der Waals surface area contributed by atoms with Crippen LogP contribution in [0.4, 0.5) is 0 Å². The normalized spacial score (nSPS) is 38.3. The van der Waals surface area contributed by atoms with Gasteiger partial charge < -0.3 is 9.94 Å². The second kappa shape index (κ2) is 5.00. The van der Waals surface area contributed by atoms with Crippen molar-refractivity contribution in [1.82, 2.24) is 0 Å².